The summed E-state index contributed by atoms with van der Waals surface area (Å²) in [6.45, 7) is 0.150. The number of benzene rings is 1. The van der Waals surface area contributed by atoms with Crippen molar-refractivity contribution < 1.29 is 14.2 Å². The molecule has 0 aliphatic carbocycles. The van der Waals surface area contributed by atoms with Gasteiger partial charge in [0, 0.05) is 12.1 Å². The minimum Gasteiger partial charge on any atom is -0.393 e. The maximum absolute atomic E-state index is 11.9. The normalized spacial score (nSPS) is 10.1. The number of carbonyl (C=O) groups is 1. The molecule has 1 aromatic heterocycles. The van der Waals surface area contributed by atoms with Gasteiger partial charge in [0.1, 0.15) is 17.6 Å². The molecule has 0 fully saturated rings. The number of nitro groups is 1. The van der Waals surface area contributed by atoms with Gasteiger partial charge in [-0.25, -0.2) is 0 Å². The van der Waals surface area contributed by atoms with Crippen LogP contribution >= 0.6 is 0 Å². The molecule has 8 nitrogen and oxygen atoms in total. The highest BCUT2D eigenvalue weighted by Crippen LogP contribution is 2.24. The van der Waals surface area contributed by atoms with Gasteiger partial charge in [0.25, 0.3) is 11.6 Å². The molecule has 0 atom stereocenters. The van der Waals surface area contributed by atoms with E-state index in [9.17, 15) is 14.9 Å². The SMILES string of the molecule is Nc1c(C(=O)NCc2ccon2)cccc1[N+](=O)[O-]. The van der Waals surface area contributed by atoms with Crippen LogP contribution in [0.25, 0.3) is 0 Å². The van der Waals surface area contributed by atoms with E-state index >= 15 is 0 Å². The van der Waals surface area contributed by atoms with Crippen molar-refractivity contribution in [3.05, 3.63) is 51.9 Å². The number of nitro benzene ring substituents is 1. The minimum absolute atomic E-state index is 0.0534. The number of amides is 1. The lowest BCUT2D eigenvalue weighted by atomic mass is 10.1. The average Bonchev–Trinajstić information content (AvgIpc) is 2.89. The number of para-hydroxylation sites is 1. The topological polar surface area (TPSA) is 124 Å². The Balaban J connectivity index is 2.15. The van der Waals surface area contributed by atoms with E-state index in [0.717, 1.165) is 0 Å². The zero-order valence-electron chi connectivity index (χ0n) is 9.70. The predicted molar refractivity (Wildman–Crippen MR) is 65.2 cm³/mol. The van der Waals surface area contributed by atoms with E-state index in [1.165, 1.54) is 24.5 Å². The minimum atomic E-state index is -0.635. The van der Waals surface area contributed by atoms with Crippen LogP contribution in [0.2, 0.25) is 0 Å². The second-order valence-electron chi connectivity index (χ2n) is 3.67. The summed E-state index contributed by atoms with van der Waals surface area (Å²) in [5.41, 5.74) is 5.73. The number of rotatable bonds is 4. The first kappa shape index (κ1) is 12.6. The number of hydrogen-bond acceptors (Lipinski definition) is 6. The Morgan fingerprint density at radius 2 is 2.26 bits per heavy atom. The summed E-state index contributed by atoms with van der Waals surface area (Å²) in [5, 5.41) is 16.9. The van der Waals surface area contributed by atoms with Crippen LogP contribution in [-0.2, 0) is 6.54 Å². The Hall–Kier alpha value is -2.90. The Kier molecular flexibility index (Phi) is 3.42. The fourth-order valence-electron chi connectivity index (χ4n) is 1.51. The van der Waals surface area contributed by atoms with Crippen molar-refractivity contribution in [3.63, 3.8) is 0 Å². The summed E-state index contributed by atoms with van der Waals surface area (Å²) in [5.74, 6) is -0.510. The van der Waals surface area contributed by atoms with Crippen LogP contribution in [0.1, 0.15) is 16.1 Å². The number of carbonyl (C=O) groups excluding carboxylic acids is 1. The monoisotopic (exact) mass is 262 g/mol. The van der Waals surface area contributed by atoms with Crippen LogP contribution in [-0.4, -0.2) is 16.0 Å². The molecule has 0 aliphatic rings. The molecule has 0 saturated carbocycles. The fraction of sp³-hybridized carbons (Fsp3) is 0.0909. The molecule has 1 amide bonds. The van der Waals surface area contributed by atoms with Crippen LogP contribution < -0.4 is 11.1 Å². The lowest BCUT2D eigenvalue weighted by Crippen LogP contribution is -2.24. The van der Waals surface area contributed by atoms with Crippen molar-refractivity contribution >= 4 is 17.3 Å². The van der Waals surface area contributed by atoms with Gasteiger partial charge < -0.3 is 15.6 Å². The average molecular weight is 262 g/mol. The molecule has 8 heteroatoms. The summed E-state index contributed by atoms with van der Waals surface area (Å²) in [6.07, 6.45) is 1.38. The summed E-state index contributed by atoms with van der Waals surface area (Å²) in [6, 6.07) is 5.65. The maximum Gasteiger partial charge on any atom is 0.292 e. The van der Waals surface area contributed by atoms with Crippen LogP contribution in [0, 0.1) is 10.1 Å². The second-order valence-corrected chi connectivity index (χ2v) is 3.67. The third-order valence-corrected chi connectivity index (χ3v) is 2.45. The molecule has 3 N–H and O–H groups in total. The molecule has 0 aliphatic heterocycles. The van der Waals surface area contributed by atoms with Gasteiger partial charge in [-0.3, -0.25) is 14.9 Å². The van der Waals surface area contributed by atoms with E-state index in [2.05, 4.69) is 15.0 Å². The van der Waals surface area contributed by atoms with E-state index in [1.807, 2.05) is 0 Å². The van der Waals surface area contributed by atoms with Crippen LogP contribution in [0.4, 0.5) is 11.4 Å². The molecule has 1 aromatic carbocycles. The lowest BCUT2D eigenvalue weighted by molar-refractivity contribution is -0.383. The third-order valence-electron chi connectivity index (χ3n) is 2.45. The van der Waals surface area contributed by atoms with Crippen LogP contribution in [0.15, 0.2) is 35.1 Å². The van der Waals surface area contributed by atoms with Gasteiger partial charge >= 0.3 is 0 Å². The molecular formula is C11H10N4O4. The number of hydrogen-bond donors (Lipinski definition) is 2. The number of anilines is 1. The lowest BCUT2D eigenvalue weighted by Gasteiger charge is -2.06. The zero-order chi connectivity index (χ0) is 13.8. The molecule has 0 spiro atoms. The molecule has 1 heterocycles. The van der Waals surface area contributed by atoms with Gasteiger partial charge in [0.2, 0.25) is 0 Å². The molecule has 0 radical (unpaired) electrons. The maximum atomic E-state index is 11.9. The number of nitrogens with one attached hydrogen (secondary N) is 1. The largest absolute Gasteiger partial charge is 0.393 e. The summed E-state index contributed by atoms with van der Waals surface area (Å²) >= 11 is 0. The highest BCUT2D eigenvalue weighted by Gasteiger charge is 2.18. The molecule has 19 heavy (non-hydrogen) atoms. The molecule has 2 rings (SSSR count). The molecule has 0 saturated heterocycles. The van der Waals surface area contributed by atoms with Crippen LogP contribution in [0.5, 0.6) is 0 Å². The van der Waals surface area contributed by atoms with Gasteiger partial charge in [0.15, 0.2) is 0 Å². The predicted octanol–water partition coefficient (Wildman–Crippen LogP) is 1.09. The number of aromatic nitrogens is 1. The Morgan fingerprint density at radius 1 is 1.47 bits per heavy atom. The van der Waals surface area contributed by atoms with Crippen molar-refractivity contribution in [2.24, 2.45) is 0 Å². The van der Waals surface area contributed by atoms with E-state index < -0.39 is 10.8 Å². The highest BCUT2D eigenvalue weighted by atomic mass is 16.6. The quantitative estimate of drug-likeness (QED) is 0.482. The van der Waals surface area contributed by atoms with Crippen molar-refractivity contribution in [3.8, 4) is 0 Å². The van der Waals surface area contributed by atoms with Crippen molar-refractivity contribution in [1.29, 1.82) is 0 Å². The fourth-order valence-corrected chi connectivity index (χ4v) is 1.51. The smallest absolute Gasteiger partial charge is 0.292 e. The Morgan fingerprint density at radius 3 is 2.89 bits per heavy atom. The second kappa shape index (κ2) is 5.17. The van der Waals surface area contributed by atoms with E-state index in [-0.39, 0.29) is 23.5 Å². The van der Waals surface area contributed by atoms with Crippen molar-refractivity contribution in [2.45, 2.75) is 6.54 Å². The first-order chi connectivity index (χ1) is 9.09. The molecule has 0 unspecified atom stereocenters. The number of nitrogens with zero attached hydrogens (tertiary/aromatic N) is 2. The molecule has 2 aromatic rings. The summed E-state index contributed by atoms with van der Waals surface area (Å²) in [7, 11) is 0. The van der Waals surface area contributed by atoms with E-state index in [0.29, 0.717) is 5.69 Å². The third kappa shape index (κ3) is 2.68. The Bertz CT molecular complexity index is 609. The van der Waals surface area contributed by atoms with Gasteiger partial charge in [-0.1, -0.05) is 11.2 Å². The first-order valence-electron chi connectivity index (χ1n) is 5.30. The number of nitrogens with two attached hydrogens (primary N) is 1. The van der Waals surface area contributed by atoms with E-state index in [1.54, 1.807) is 6.07 Å². The standard InChI is InChI=1S/C11H10N4O4/c12-10-8(2-1-3-9(10)15(17)18)11(16)13-6-7-4-5-19-14-7/h1-5H,6,12H2,(H,13,16). The van der Waals surface area contributed by atoms with Crippen molar-refractivity contribution in [1.82, 2.24) is 10.5 Å². The summed E-state index contributed by atoms with van der Waals surface area (Å²) in [4.78, 5) is 21.9. The molecule has 0 bridgehead atoms. The molecular weight excluding hydrogens is 252 g/mol. The van der Waals surface area contributed by atoms with Gasteiger partial charge in [-0.05, 0) is 6.07 Å². The summed E-state index contributed by atoms with van der Waals surface area (Å²) < 4.78 is 4.61. The highest BCUT2D eigenvalue weighted by molar-refractivity contribution is 6.00. The molecule has 98 valence electrons. The Labute approximate surface area is 107 Å². The number of nitrogen functional groups attached to an aromatic ring is 1. The van der Waals surface area contributed by atoms with Gasteiger partial charge in [0.05, 0.1) is 17.0 Å². The zero-order valence-corrected chi connectivity index (χ0v) is 9.70. The van der Waals surface area contributed by atoms with Crippen LogP contribution in [0.3, 0.4) is 0 Å². The first-order valence-corrected chi connectivity index (χ1v) is 5.30. The van der Waals surface area contributed by atoms with Gasteiger partial charge in [-0.2, -0.15) is 0 Å². The van der Waals surface area contributed by atoms with Gasteiger partial charge in [-0.15, -0.1) is 0 Å². The van der Waals surface area contributed by atoms with Crippen molar-refractivity contribution in [2.75, 3.05) is 5.73 Å². The van der Waals surface area contributed by atoms with E-state index in [4.69, 9.17) is 5.73 Å².